The van der Waals surface area contributed by atoms with E-state index in [9.17, 15) is 4.79 Å². The van der Waals surface area contributed by atoms with Crippen molar-refractivity contribution in [2.75, 3.05) is 6.61 Å². The number of hydrogen-bond donors (Lipinski definition) is 2. The van der Waals surface area contributed by atoms with Gasteiger partial charge in [-0.2, -0.15) is 5.10 Å². The highest BCUT2D eigenvalue weighted by Gasteiger charge is 2.14. The van der Waals surface area contributed by atoms with E-state index >= 15 is 0 Å². The molecule has 27 heavy (non-hydrogen) atoms. The summed E-state index contributed by atoms with van der Waals surface area (Å²) < 4.78 is 7.90. The summed E-state index contributed by atoms with van der Waals surface area (Å²) in [5.74, 6) is 1.53. The van der Waals surface area contributed by atoms with Crippen LogP contribution in [0.5, 0.6) is 5.75 Å². The number of nitrogens with zero attached hydrogens (tertiary/aromatic N) is 2. The second-order valence-corrected chi connectivity index (χ2v) is 7.36. The summed E-state index contributed by atoms with van der Waals surface area (Å²) in [6.07, 6.45) is 0.321. The number of benzene rings is 1. The average molecular weight is 403 g/mol. The van der Waals surface area contributed by atoms with Crippen molar-refractivity contribution in [3.63, 3.8) is 0 Å². The highest BCUT2D eigenvalue weighted by molar-refractivity contribution is 7.71. The minimum absolute atomic E-state index is 0.0375. The Morgan fingerprint density at radius 3 is 3.00 bits per heavy atom. The molecule has 3 aromatic rings. The van der Waals surface area contributed by atoms with Crippen LogP contribution in [0.2, 0.25) is 0 Å². The first-order chi connectivity index (χ1) is 13.1. The van der Waals surface area contributed by atoms with Crippen molar-refractivity contribution in [2.24, 2.45) is 0 Å². The summed E-state index contributed by atoms with van der Waals surface area (Å²) in [6, 6.07) is 11.6. The maximum atomic E-state index is 12.4. The van der Waals surface area contributed by atoms with Crippen molar-refractivity contribution < 1.29 is 9.53 Å². The Balaban J connectivity index is 1.61. The number of amides is 1. The van der Waals surface area contributed by atoms with Gasteiger partial charge in [-0.05, 0) is 55.2 Å². The van der Waals surface area contributed by atoms with Crippen LogP contribution < -0.4 is 10.1 Å². The van der Waals surface area contributed by atoms with Gasteiger partial charge in [0.25, 0.3) is 0 Å². The summed E-state index contributed by atoms with van der Waals surface area (Å²) >= 11 is 6.90. The first-order valence-electron chi connectivity index (χ1n) is 8.79. The molecule has 0 aliphatic carbocycles. The molecule has 6 nitrogen and oxygen atoms in total. The van der Waals surface area contributed by atoms with Gasteiger partial charge in [0.2, 0.25) is 5.91 Å². The number of rotatable bonds is 8. The second-order valence-electron chi connectivity index (χ2n) is 6.03. The SMILES string of the molecule is CCOc1cccc(C(C)NC(=O)CCn2c(-c3cccs3)n[nH]c2=S)c1. The molecule has 8 heteroatoms. The average Bonchev–Trinajstić information content (AvgIpc) is 3.30. The predicted octanol–water partition coefficient (Wildman–Crippen LogP) is 4.34. The fourth-order valence-corrected chi connectivity index (χ4v) is 3.72. The Bertz CT molecular complexity index is 947. The van der Waals surface area contributed by atoms with E-state index < -0.39 is 0 Å². The van der Waals surface area contributed by atoms with E-state index in [-0.39, 0.29) is 11.9 Å². The molecule has 1 amide bonds. The number of thiophene rings is 1. The molecular weight excluding hydrogens is 380 g/mol. The van der Waals surface area contributed by atoms with Gasteiger partial charge in [0, 0.05) is 13.0 Å². The van der Waals surface area contributed by atoms with E-state index in [1.807, 2.05) is 60.2 Å². The Morgan fingerprint density at radius 2 is 2.26 bits per heavy atom. The molecule has 2 heterocycles. The lowest BCUT2D eigenvalue weighted by Gasteiger charge is -2.16. The van der Waals surface area contributed by atoms with Crippen molar-refractivity contribution in [3.8, 4) is 16.5 Å². The number of ether oxygens (including phenoxy) is 1. The van der Waals surface area contributed by atoms with Crippen molar-refractivity contribution >= 4 is 29.5 Å². The molecule has 2 N–H and O–H groups in total. The Kier molecular flexibility index (Phi) is 6.41. The Hall–Kier alpha value is -2.45. The number of aromatic amines is 1. The van der Waals surface area contributed by atoms with Crippen LogP contribution in [0.25, 0.3) is 10.7 Å². The summed E-state index contributed by atoms with van der Waals surface area (Å²) in [4.78, 5) is 13.4. The van der Waals surface area contributed by atoms with Crippen LogP contribution in [0, 0.1) is 4.77 Å². The third kappa shape index (κ3) is 4.84. The zero-order chi connectivity index (χ0) is 19.2. The quantitative estimate of drug-likeness (QED) is 0.550. The van der Waals surface area contributed by atoms with Crippen LogP contribution in [0.4, 0.5) is 0 Å². The molecule has 1 atom stereocenters. The lowest BCUT2D eigenvalue weighted by molar-refractivity contribution is -0.121. The molecule has 0 saturated carbocycles. The first-order valence-corrected chi connectivity index (χ1v) is 10.1. The predicted molar refractivity (Wildman–Crippen MR) is 110 cm³/mol. The van der Waals surface area contributed by atoms with E-state index in [0.717, 1.165) is 22.0 Å². The lowest BCUT2D eigenvalue weighted by atomic mass is 10.1. The first kappa shape index (κ1) is 19.3. The van der Waals surface area contributed by atoms with E-state index in [0.29, 0.717) is 24.3 Å². The van der Waals surface area contributed by atoms with Crippen molar-refractivity contribution in [2.45, 2.75) is 32.9 Å². The van der Waals surface area contributed by atoms with E-state index in [2.05, 4.69) is 15.5 Å². The van der Waals surface area contributed by atoms with Gasteiger partial charge in [-0.15, -0.1) is 11.3 Å². The molecule has 1 aromatic carbocycles. The van der Waals surface area contributed by atoms with Crippen molar-refractivity contribution in [1.29, 1.82) is 0 Å². The van der Waals surface area contributed by atoms with E-state index in [1.54, 1.807) is 11.3 Å². The van der Waals surface area contributed by atoms with Crippen LogP contribution in [0.3, 0.4) is 0 Å². The monoisotopic (exact) mass is 402 g/mol. The third-order valence-electron chi connectivity index (χ3n) is 4.11. The minimum atomic E-state index is -0.105. The Morgan fingerprint density at radius 1 is 1.41 bits per heavy atom. The van der Waals surface area contributed by atoms with Crippen LogP contribution in [-0.2, 0) is 11.3 Å². The van der Waals surface area contributed by atoms with Gasteiger partial charge in [-0.1, -0.05) is 18.2 Å². The second kappa shape index (κ2) is 8.96. The minimum Gasteiger partial charge on any atom is -0.494 e. The van der Waals surface area contributed by atoms with Crippen molar-refractivity contribution in [3.05, 3.63) is 52.1 Å². The van der Waals surface area contributed by atoms with Gasteiger partial charge in [0.1, 0.15) is 5.75 Å². The van der Waals surface area contributed by atoms with Gasteiger partial charge in [-0.3, -0.25) is 14.5 Å². The van der Waals surface area contributed by atoms with Gasteiger partial charge in [0.15, 0.2) is 10.6 Å². The summed E-state index contributed by atoms with van der Waals surface area (Å²) in [5, 5.41) is 12.1. The number of H-pyrrole nitrogens is 1. The maximum absolute atomic E-state index is 12.4. The smallest absolute Gasteiger partial charge is 0.222 e. The number of carbonyl (C=O) groups is 1. The topological polar surface area (TPSA) is 71.9 Å². The summed E-state index contributed by atoms with van der Waals surface area (Å²) in [6.45, 7) is 5.00. The summed E-state index contributed by atoms with van der Waals surface area (Å²) in [5.41, 5.74) is 1.01. The normalized spacial score (nSPS) is 11.9. The van der Waals surface area contributed by atoms with Crippen LogP contribution >= 0.6 is 23.6 Å². The molecular formula is C19H22N4O2S2. The standard InChI is InChI=1S/C19H22N4O2S2/c1-3-25-15-7-4-6-14(12-15)13(2)20-17(24)9-10-23-18(21-22-19(23)26)16-8-5-11-27-16/h4-8,11-13H,3,9-10H2,1-2H3,(H,20,24)(H,22,26). The Labute approximate surface area is 167 Å². The van der Waals surface area contributed by atoms with Crippen LogP contribution in [-0.4, -0.2) is 27.3 Å². The van der Waals surface area contributed by atoms with Crippen LogP contribution in [0.15, 0.2) is 41.8 Å². The molecule has 0 saturated heterocycles. The highest BCUT2D eigenvalue weighted by Crippen LogP contribution is 2.23. The maximum Gasteiger partial charge on any atom is 0.222 e. The number of hydrogen-bond acceptors (Lipinski definition) is 5. The number of carbonyl (C=O) groups excluding carboxylic acids is 1. The molecule has 0 bridgehead atoms. The molecule has 3 rings (SSSR count). The summed E-state index contributed by atoms with van der Waals surface area (Å²) in [7, 11) is 0. The third-order valence-corrected chi connectivity index (χ3v) is 5.29. The number of nitrogens with one attached hydrogen (secondary N) is 2. The molecule has 0 aliphatic heterocycles. The molecule has 142 valence electrons. The molecule has 0 radical (unpaired) electrons. The lowest BCUT2D eigenvalue weighted by Crippen LogP contribution is -2.27. The zero-order valence-corrected chi connectivity index (χ0v) is 16.9. The number of aromatic nitrogens is 3. The van der Waals surface area contributed by atoms with Gasteiger partial charge in [-0.25, -0.2) is 0 Å². The van der Waals surface area contributed by atoms with E-state index in [1.165, 1.54) is 0 Å². The van der Waals surface area contributed by atoms with Gasteiger partial charge < -0.3 is 10.1 Å². The van der Waals surface area contributed by atoms with Crippen LogP contribution in [0.1, 0.15) is 31.9 Å². The van der Waals surface area contributed by atoms with Gasteiger partial charge in [0.05, 0.1) is 17.5 Å². The molecule has 1 unspecified atom stereocenters. The molecule has 2 aromatic heterocycles. The fourth-order valence-electron chi connectivity index (χ4n) is 2.77. The molecule has 0 spiro atoms. The molecule has 0 fully saturated rings. The van der Waals surface area contributed by atoms with E-state index in [4.69, 9.17) is 17.0 Å². The van der Waals surface area contributed by atoms with Gasteiger partial charge >= 0.3 is 0 Å². The highest BCUT2D eigenvalue weighted by atomic mass is 32.1. The zero-order valence-electron chi connectivity index (χ0n) is 15.3. The molecule has 0 aliphatic rings. The van der Waals surface area contributed by atoms with Crippen molar-refractivity contribution in [1.82, 2.24) is 20.1 Å². The fraction of sp³-hybridized carbons (Fsp3) is 0.316. The largest absolute Gasteiger partial charge is 0.494 e.